The summed E-state index contributed by atoms with van der Waals surface area (Å²) < 4.78 is 0. The van der Waals surface area contributed by atoms with E-state index in [-0.39, 0.29) is 6.10 Å². The second-order valence-electron chi connectivity index (χ2n) is 4.37. The van der Waals surface area contributed by atoms with Crippen LogP contribution in [0.3, 0.4) is 0 Å². The highest BCUT2D eigenvalue weighted by Gasteiger charge is 2.25. The minimum absolute atomic E-state index is 0.319. The molecule has 2 aliphatic rings. The number of hydrogen-bond acceptors (Lipinski definition) is 3. The monoisotopic (exact) mass is 221 g/mol. The summed E-state index contributed by atoms with van der Waals surface area (Å²) >= 11 is 1.89. The van der Waals surface area contributed by atoms with Crippen LogP contribution in [0.2, 0.25) is 0 Å². The van der Waals surface area contributed by atoms with Crippen molar-refractivity contribution in [3.05, 3.63) is 28.0 Å². The molecule has 1 aliphatic heterocycles. The molecule has 1 aromatic rings. The molecule has 2 N–H and O–H groups in total. The van der Waals surface area contributed by atoms with E-state index in [2.05, 4.69) is 17.4 Å². The average Bonchev–Trinajstić information content (AvgIpc) is 2.97. The van der Waals surface area contributed by atoms with E-state index >= 15 is 0 Å². The molecule has 0 amide bonds. The van der Waals surface area contributed by atoms with Crippen LogP contribution in [-0.4, -0.2) is 24.3 Å². The summed E-state index contributed by atoms with van der Waals surface area (Å²) in [6.07, 6.45) is 4.39. The predicted octanol–water partition coefficient (Wildman–Crippen LogP) is 1.97. The maximum Gasteiger partial charge on any atom is 0.0852 e. The lowest BCUT2D eigenvalue weighted by Crippen LogP contribution is -2.31. The fraction of sp³-hybridized carbons (Fsp3) is 0.500. The zero-order chi connectivity index (χ0) is 10.3. The van der Waals surface area contributed by atoms with Crippen molar-refractivity contribution >= 4 is 16.9 Å². The Bertz CT molecular complexity index is 392. The van der Waals surface area contributed by atoms with Gasteiger partial charge in [0.15, 0.2) is 0 Å². The molecule has 2 heterocycles. The van der Waals surface area contributed by atoms with Crippen molar-refractivity contribution < 1.29 is 5.11 Å². The molecule has 80 valence electrons. The minimum Gasteiger partial charge on any atom is -0.388 e. The van der Waals surface area contributed by atoms with E-state index in [0.29, 0.717) is 6.54 Å². The first-order valence-electron chi connectivity index (χ1n) is 5.52. The van der Waals surface area contributed by atoms with Crippen LogP contribution in [0.15, 0.2) is 18.2 Å². The zero-order valence-corrected chi connectivity index (χ0v) is 9.39. The van der Waals surface area contributed by atoms with Crippen LogP contribution < -0.4 is 5.32 Å². The zero-order valence-electron chi connectivity index (χ0n) is 8.57. The maximum absolute atomic E-state index is 9.53. The Balaban J connectivity index is 1.84. The Morgan fingerprint density at radius 1 is 1.33 bits per heavy atom. The number of β-amino-alcohol motifs (C(OH)–C–C–N with tert-alkyl or cyclic N) is 1. The molecule has 0 radical (unpaired) electrons. The Morgan fingerprint density at radius 3 is 2.93 bits per heavy atom. The molecule has 1 atom stereocenters. The van der Waals surface area contributed by atoms with Crippen molar-refractivity contribution in [2.24, 2.45) is 0 Å². The normalized spacial score (nSPS) is 26.5. The van der Waals surface area contributed by atoms with Crippen LogP contribution in [0.25, 0.3) is 5.57 Å². The van der Waals surface area contributed by atoms with E-state index in [9.17, 15) is 5.11 Å². The Morgan fingerprint density at radius 2 is 2.20 bits per heavy atom. The number of thiophene rings is 1. The van der Waals surface area contributed by atoms with E-state index < -0.39 is 0 Å². The predicted molar refractivity (Wildman–Crippen MR) is 63.1 cm³/mol. The third-order valence-corrected chi connectivity index (χ3v) is 4.31. The molecule has 0 aromatic carbocycles. The van der Waals surface area contributed by atoms with E-state index in [1.807, 2.05) is 17.4 Å². The van der Waals surface area contributed by atoms with E-state index in [1.54, 1.807) is 0 Å². The molecule has 0 spiro atoms. The van der Waals surface area contributed by atoms with Crippen LogP contribution >= 0.6 is 11.3 Å². The number of hydrogen-bond donors (Lipinski definition) is 2. The molecular weight excluding hydrogens is 206 g/mol. The molecule has 2 nitrogen and oxygen atoms in total. The Hall–Kier alpha value is -0.640. The highest BCUT2D eigenvalue weighted by Crippen LogP contribution is 2.44. The van der Waals surface area contributed by atoms with Gasteiger partial charge in [-0.3, -0.25) is 0 Å². The second-order valence-corrected chi connectivity index (χ2v) is 5.48. The average molecular weight is 221 g/mol. The molecule has 0 saturated heterocycles. The van der Waals surface area contributed by atoms with Crippen LogP contribution in [0.4, 0.5) is 0 Å². The topological polar surface area (TPSA) is 32.3 Å². The Labute approximate surface area is 93.6 Å². The van der Waals surface area contributed by atoms with Crippen molar-refractivity contribution in [1.29, 1.82) is 0 Å². The second kappa shape index (κ2) is 3.74. The van der Waals surface area contributed by atoms with Gasteiger partial charge in [-0.1, -0.05) is 0 Å². The lowest BCUT2D eigenvalue weighted by Gasteiger charge is -2.17. The van der Waals surface area contributed by atoms with E-state index in [0.717, 1.165) is 12.5 Å². The molecule has 3 rings (SSSR count). The minimum atomic E-state index is -0.319. The SMILES string of the molecule is OC1C=C(c2ccc(C3CC3)s2)CNC1. The smallest absolute Gasteiger partial charge is 0.0852 e. The van der Waals surface area contributed by atoms with Crippen molar-refractivity contribution in [3.8, 4) is 0 Å². The summed E-state index contributed by atoms with van der Waals surface area (Å²) in [6, 6.07) is 4.45. The first-order chi connectivity index (χ1) is 7.33. The van der Waals surface area contributed by atoms with Crippen LogP contribution in [0, 0.1) is 0 Å². The number of aliphatic hydroxyl groups excluding tert-OH is 1. The molecule has 1 saturated carbocycles. The highest BCUT2D eigenvalue weighted by molar-refractivity contribution is 7.13. The van der Waals surface area contributed by atoms with Crippen LogP contribution in [-0.2, 0) is 0 Å². The van der Waals surface area contributed by atoms with Crippen molar-refractivity contribution in [2.75, 3.05) is 13.1 Å². The number of aliphatic hydroxyl groups is 1. The van der Waals surface area contributed by atoms with Gasteiger partial charge >= 0.3 is 0 Å². The van der Waals surface area contributed by atoms with Gasteiger partial charge in [-0.05, 0) is 42.5 Å². The van der Waals surface area contributed by atoms with Gasteiger partial charge in [-0.25, -0.2) is 0 Å². The van der Waals surface area contributed by atoms with Gasteiger partial charge < -0.3 is 10.4 Å². The van der Waals surface area contributed by atoms with Crippen LogP contribution in [0.5, 0.6) is 0 Å². The quantitative estimate of drug-likeness (QED) is 0.800. The van der Waals surface area contributed by atoms with Gasteiger partial charge in [0.1, 0.15) is 0 Å². The lowest BCUT2D eigenvalue weighted by molar-refractivity contribution is 0.217. The van der Waals surface area contributed by atoms with Crippen molar-refractivity contribution in [1.82, 2.24) is 5.32 Å². The van der Waals surface area contributed by atoms with E-state index in [1.165, 1.54) is 28.2 Å². The standard InChI is InChI=1S/C12H15NOS/c14-10-5-9(6-13-7-10)12-4-3-11(15-12)8-1-2-8/h3-5,8,10,13-14H,1-2,6-7H2. The molecule has 15 heavy (non-hydrogen) atoms. The van der Waals surface area contributed by atoms with Gasteiger partial charge in [0, 0.05) is 22.8 Å². The number of nitrogens with one attached hydrogen (secondary N) is 1. The molecule has 1 fully saturated rings. The van der Waals surface area contributed by atoms with Gasteiger partial charge in [0.05, 0.1) is 6.10 Å². The first kappa shape index (κ1) is 9.58. The summed E-state index contributed by atoms with van der Waals surface area (Å²) in [7, 11) is 0. The molecule has 1 aliphatic carbocycles. The maximum atomic E-state index is 9.53. The summed E-state index contributed by atoms with van der Waals surface area (Å²) in [5.41, 5.74) is 1.26. The third kappa shape index (κ3) is 2.00. The first-order valence-corrected chi connectivity index (χ1v) is 6.34. The van der Waals surface area contributed by atoms with Crippen molar-refractivity contribution in [3.63, 3.8) is 0 Å². The summed E-state index contributed by atoms with van der Waals surface area (Å²) in [6.45, 7) is 1.58. The summed E-state index contributed by atoms with van der Waals surface area (Å²) in [5, 5.41) is 12.8. The number of rotatable bonds is 2. The summed E-state index contributed by atoms with van der Waals surface area (Å²) in [4.78, 5) is 2.84. The molecular formula is C12H15NOS. The Kier molecular flexibility index (Phi) is 2.39. The van der Waals surface area contributed by atoms with Gasteiger partial charge in [0.2, 0.25) is 0 Å². The van der Waals surface area contributed by atoms with E-state index in [4.69, 9.17) is 0 Å². The largest absolute Gasteiger partial charge is 0.388 e. The molecule has 1 unspecified atom stereocenters. The van der Waals surface area contributed by atoms with Gasteiger partial charge in [-0.15, -0.1) is 11.3 Å². The van der Waals surface area contributed by atoms with Crippen molar-refractivity contribution in [2.45, 2.75) is 24.9 Å². The fourth-order valence-electron chi connectivity index (χ4n) is 1.99. The lowest BCUT2D eigenvalue weighted by atomic mass is 10.1. The molecule has 0 bridgehead atoms. The summed E-state index contributed by atoms with van der Waals surface area (Å²) in [5.74, 6) is 0.839. The molecule has 3 heteroatoms. The van der Waals surface area contributed by atoms with Crippen LogP contribution in [0.1, 0.15) is 28.5 Å². The highest BCUT2D eigenvalue weighted by atomic mass is 32.1. The van der Waals surface area contributed by atoms with Gasteiger partial charge in [0.25, 0.3) is 0 Å². The third-order valence-electron chi connectivity index (χ3n) is 2.99. The van der Waals surface area contributed by atoms with Gasteiger partial charge in [-0.2, -0.15) is 0 Å². The molecule has 1 aromatic heterocycles. The fourth-order valence-corrected chi connectivity index (χ4v) is 3.19.